The number of hydrogen-bond acceptors (Lipinski definition) is 6. The Morgan fingerprint density at radius 1 is 1.10 bits per heavy atom. The number of amides is 2. The third-order valence-electron chi connectivity index (χ3n) is 9.69. The summed E-state index contributed by atoms with van der Waals surface area (Å²) in [7, 11) is 0. The fraction of sp³-hybridized carbons (Fsp3) is 0.586. The number of aromatic nitrogens is 4. The molecule has 4 aliphatic rings. The van der Waals surface area contributed by atoms with Crippen LogP contribution in [-0.4, -0.2) is 78.6 Å². The highest BCUT2D eigenvalue weighted by atomic mass is 16.3. The lowest BCUT2D eigenvalue weighted by molar-refractivity contribution is -0.136. The van der Waals surface area contributed by atoms with Crippen LogP contribution in [0.2, 0.25) is 0 Å². The van der Waals surface area contributed by atoms with Gasteiger partial charge in [0, 0.05) is 38.1 Å². The smallest absolute Gasteiger partial charge is 0.320 e. The third-order valence-corrected chi connectivity index (χ3v) is 9.69. The molecular weight excluding hydrogens is 494 g/mol. The number of fused-ring (bicyclic) bond motifs is 1. The monoisotopic (exact) mass is 531 g/mol. The topological polar surface area (TPSA) is 109 Å². The number of nitrogens with one attached hydrogen (secondary N) is 1. The van der Waals surface area contributed by atoms with Crippen molar-refractivity contribution in [1.82, 2.24) is 34.4 Å². The molecule has 1 spiro atoms. The molecular formula is C29H37N7O3. The van der Waals surface area contributed by atoms with Gasteiger partial charge in [-0.1, -0.05) is 43.2 Å². The number of carbonyl (C=O) groups is 1. The molecule has 2 saturated carbocycles. The molecule has 0 bridgehead atoms. The van der Waals surface area contributed by atoms with Crippen LogP contribution in [0.1, 0.15) is 62.6 Å². The highest BCUT2D eigenvalue weighted by Gasteiger charge is 2.56. The Morgan fingerprint density at radius 3 is 2.67 bits per heavy atom. The van der Waals surface area contributed by atoms with Crippen molar-refractivity contribution >= 4 is 17.1 Å². The van der Waals surface area contributed by atoms with E-state index in [0.717, 1.165) is 57.2 Å². The van der Waals surface area contributed by atoms with Gasteiger partial charge in [0.25, 0.3) is 5.56 Å². The van der Waals surface area contributed by atoms with E-state index in [9.17, 15) is 14.7 Å². The van der Waals surface area contributed by atoms with Gasteiger partial charge in [-0.25, -0.2) is 14.5 Å². The minimum atomic E-state index is -1.09. The Hall–Kier alpha value is -3.24. The molecule has 10 heteroatoms. The van der Waals surface area contributed by atoms with Gasteiger partial charge in [-0.3, -0.25) is 9.36 Å². The van der Waals surface area contributed by atoms with Crippen LogP contribution in [0.25, 0.3) is 11.0 Å². The fourth-order valence-corrected chi connectivity index (χ4v) is 7.30. The second kappa shape index (κ2) is 9.45. The van der Waals surface area contributed by atoms with Crippen LogP contribution >= 0.6 is 0 Å². The number of carbonyl (C=O) groups excluding carboxylic acids is 1. The average Bonchev–Trinajstić information content (AvgIpc) is 3.53. The van der Waals surface area contributed by atoms with E-state index in [4.69, 9.17) is 0 Å². The molecule has 4 heterocycles. The van der Waals surface area contributed by atoms with E-state index in [1.54, 1.807) is 17.1 Å². The van der Waals surface area contributed by atoms with Crippen LogP contribution in [-0.2, 0) is 6.54 Å². The first-order chi connectivity index (χ1) is 19.0. The van der Waals surface area contributed by atoms with Crippen LogP contribution in [0.3, 0.4) is 0 Å². The summed E-state index contributed by atoms with van der Waals surface area (Å²) in [4.78, 5) is 36.0. The summed E-state index contributed by atoms with van der Waals surface area (Å²) in [5, 5.41) is 20.6. The molecule has 4 fully saturated rings. The molecule has 2 amide bonds. The number of likely N-dealkylation sites (tertiary alicyclic amines) is 1. The predicted molar refractivity (Wildman–Crippen MR) is 146 cm³/mol. The Kier molecular flexibility index (Phi) is 6.00. The summed E-state index contributed by atoms with van der Waals surface area (Å²) < 4.78 is 3.43. The Morgan fingerprint density at radius 2 is 1.90 bits per heavy atom. The van der Waals surface area contributed by atoms with Gasteiger partial charge >= 0.3 is 6.03 Å². The molecule has 2 saturated heterocycles. The van der Waals surface area contributed by atoms with Crippen molar-refractivity contribution in [2.24, 2.45) is 5.41 Å². The minimum absolute atomic E-state index is 0.0132. The summed E-state index contributed by atoms with van der Waals surface area (Å²) in [6.45, 7) is 3.32. The lowest BCUT2D eigenvalue weighted by atomic mass is 9.66. The van der Waals surface area contributed by atoms with Gasteiger partial charge in [0.05, 0.1) is 30.4 Å². The first kappa shape index (κ1) is 24.8. The van der Waals surface area contributed by atoms with Crippen LogP contribution in [0.15, 0.2) is 47.7 Å². The predicted octanol–water partition coefficient (Wildman–Crippen LogP) is 2.69. The van der Waals surface area contributed by atoms with Gasteiger partial charge < -0.3 is 20.2 Å². The molecule has 206 valence electrons. The second-order valence-electron chi connectivity index (χ2n) is 12.0. The second-order valence-corrected chi connectivity index (χ2v) is 12.0. The molecule has 1 aromatic carbocycles. The first-order valence-electron chi connectivity index (χ1n) is 14.4. The van der Waals surface area contributed by atoms with Crippen LogP contribution in [0, 0.1) is 5.41 Å². The van der Waals surface area contributed by atoms with Gasteiger partial charge in [0.1, 0.15) is 11.7 Å². The normalized spacial score (nSPS) is 26.9. The number of hydrogen-bond donors (Lipinski definition) is 2. The third kappa shape index (κ3) is 4.15. The lowest BCUT2D eigenvalue weighted by Crippen LogP contribution is -2.64. The Balaban J connectivity index is 1.14. The zero-order valence-corrected chi connectivity index (χ0v) is 22.3. The maximum absolute atomic E-state index is 14.0. The summed E-state index contributed by atoms with van der Waals surface area (Å²) in [6.07, 6.45) is 9.50. The molecule has 2 aromatic heterocycles. The number of nitrogens with zero attached hydrogens (tertiary/aromatic N) is 6. The Bertz CT molecular complexity index is 1430. The molecule has 2 aliphatic carbocycles. The SMILES string of the molecule is O=C(N1CCC(O)(Cn2cnc3c(cnn3C3CC3)c2=O)C2(CCCC2)C1)N1CCNCC1c1ccccc1. The summed E-state index contributed by atoms with van der Waals surface area (Å²) in [6, 6.07) is 10.6. The molecule has 2 unspecified atom stereocenters. The summed E-state index contributed by atoms with van der Waals surface area (Å²) in [5.74, 6) is 0. The molecule has 3 aromatic rings. The maximum atomic E-state index is 14.0. The number of rotatable bonds is 4. The molecule has 10 nitrogen and oxygen atoms in total. The van der Waals surface area contributed by atoms with Gasteiger partial charge in [0.2, 0.25) is 0 Å². The van der Waals surface area contributed by atoms with Gasteiger partial charge in [-0.05, 0) is 37.7 Å². The number of piperazine rings is 1. The minimum Gasteiger partial charge on any atom is -0.387 e. The number of urea groups is 1. The van der Waals surface area contributed by atoms with Crippen molar-refractivity contribution < 1.29 is 9.90 Å². The summed E-state index contributed by atoms with van der Waals surface area (Å²) >= 11 is 0. The maximum Gasteiger partial charge on any atom is 0.320 e. The molecule has 39 heavy (non-hydrogen) atoms. The van der Waals surface area contributed by atoms with E-state index >= 15 is 0 Å². The molecule has 2 N–H and O–H groups in total. The van der Waals surface area contributed by atoms with Gasteiger partial charge in [-0.2, -0.15) is 5.10 Å². The Labute approximate surface area is 227 Å². The molecule has 2 atom stereocenters. The van der Waals surface area contributed by atoms with Crippen LogP contribution in [0.4, 0.5) is 4.79 Å². The average molecular weight is 532 g/mol. The standard InChI is InChI=1S/C29H37N7O3/c37-26-23-16-32-36(22-8-9-22)25(23)31-20-34(26)19-29(39)12-14-33(18-28(29)10-4-5-11-28)27(38)35-15-13-30-17-24(35)21-6-2-1-3-7-21/h1-3,6-7,16,20,22,24,30,39H,4-5,8-15,17-19H2. The molecule has 7 rings (SSSR count). The van der Waals surface area contributed by atoms with Crippen molar-refractivity contribution in [3.63, 3.8) is 0 Å². The van der Waals surface area contributed by atoms with Crippen LogP contribution in [0.5, 0.6) is 0 Å². The first-order valence-corrected chi connectivity index (χ1v) is 14.4. The zero-order chi connectivity index (χ0) is 26.6. The van der Waals surface area contributed by atoms with Gasteiger partial charge in [-0.15, -0.1) is 0 Å². The van der Waals surface area contributed by atoms with Crippen molar-refractivity contribution in [2.45, 2.75) is 69.2 Å². The number of piperidine rings is 1. The fourth-order valence-electron chi connectivity index (χ4n) is 7.30. The van der Waals surface area contributed by atoms with E-state index < -0.39 is 11.0 Å². The van der Waals surface area contributed by atoms with Crippen molar-refractivity contribution in [2.75, 3.05) is 32.7 Å². The van der Waals surface area contributed by atoms with E-state index in [2.05, 4.69) is 27.5 Å². The number of benzene rings is 1. The highest BCUT2D eigenvalue weighted by molar-refractivity contribution is 5.76. The largest absolute Gasteiger partial charge is 0.387 e. The van der Waals surface area contributed by atoms with Crippen molar-refractivity contribution in [3.8, 4) is 0 Å². The molecule has 2 aliphatic heterocycles. The van der Waals surface area contributed by atoms with Crippen LogP contribution < -0.4 is 10.9 Å². The van der Waals surface area contributed by atoms with E-state index in [1.165, 1.54) is 0 Å². The van der Waals surface area contributed by atoms with Gasteiger partial charge in [0.15, 0.2) is 5.65 Å². The van der Waals surface area contributed by atoms with E-state index in [-0.39, 0.29) is 24.2 Å². The van der Waals surface area contributed by atoms with E-state index in [0.29, 0.717) is 43.1 Å². The highest BCUT2D eigenvalue weighted by Crippen LogP contribution is 2.52. The zero-order valence-electron chi connectivity index (χ0n) is 22.3. The van der Waals surface area contributed by atoms with Crippen molar-refractivity contribution in [1.29, 1.82) is 0 Å². The quantitative estimate of drug-likeness (QED) is 0.536. The summed E-state index contributed by atoms with van der Waals surface area (Å²) in [5.41, 5.74) is 0.0801. The number of aliphatic hydroxyl groups is 1. The molecule has 0 radical (unpaired) electrons. The van der Waals surface area contributed by atoms with Crippen molar-refractivity contribution in [3.05, 3.63) is 58.8 Å². The lowest BCUT2D eigenvalue weighted by Gasteiger charge is -2.53. The van der Waals surface area contributed by atoms with E-state index in [1.807, 2.05) is 32.7 Å².